The molecule has 1 aromatic heterocycles. The van der Waals surface area contributed by atoms with Crippen molar-refractivity contribution in [2.24, 2.45) is 0 Å². The minimum absolute atomic E-state index is 1.10. The molecule has 0 aliphatic carbocycles. The van der Waals surface area contributed by atoms with E-state index in [1.54, 1.807) is 16.2 Å². The molecule has 0 N–H and O–H groups in total. The molecule has 0 atom stereocenters. The second kappa shape index (κ2) is 12.0. The van der Waals surface area contributed by atoms with Crippen molar-refractivity contribution >= 4 is 32.8 Å². The molecule has 0 radical (unpaired) electrons. The van der Waals surface area contributed by atoms with Gasteiger partial charge < -0.3 is 0 Å². The van der Waals surface area contributed by atoms with Crippen LogP contribution in [0.15, 0.2) is 6.07 Å². The van der Waals surface area contributed by atoms with Crippen LogP contribution >= 0.6 is 11.5 Å². The van der Waals surface area contributed by atoms with E-state index >= 15 is 0 Å². The first-order valence-corrected chi connectivity index (χ1v) is 19.2. The number of unbranched alkanes of at least 4 members (excludes halogenated alkanes) is 3. The molecule has 1 aromatic rings. The van der Waals surface area contributed by atoms with E-state index in [9.17, 15) is 0 Å². The monoisotopic (exact) mass is 472 g/mol. The van der Waals surface area contributed by atoms with Gasteiger partial charge in [-0.1, -0.05) is 0 Å². The van der Waals surface area contributed by atoms with Crippen molar-refractivity contribution in [1.29, 1.82) is 0 Å². The molecule has 0 spiro atoms. The predicted octanol–water partition coefficient (Wildman–Crippen LogP) is 6.19. The number of rotatable bonds is 12. The fraction of sp³-hybridized carbons (Fsp3) is 0.857. The van der Waals surface area contributed by atoms with Crippen LogP contribution in [0.5, 0.6) is 0 Å². The molecular formula is C21H40N2SSn. The van der Waals surface area contributed by atoms with E-state index in [1.165, 1.54) is 76.6 Å². The maximum absolute atomic E-state index is 4.95. The van der Waals surface area contributed by atoms with Crippen molar-refractivity contribution in [3.63, 3.8) is 0 Å². The van der Waals surface area contributed by atoms with Crippen molar-refractivity contribution < 1.29 is 0 Å². The summed E-state index contributed by atoms with van der Waals surface area (Å²) in [6.07, 6.45) is 12.6. The van der Waals surface area contributed by atoms with Crippen LogP contribution in [-0.2, 0) is 6.54 Å². The summed E-state index contributed by atoms with van der Waals surface area (Å²) in [6.45, 7) is 10.8. The molecule has 0 saturated carbocycles. The van der Waals surface area contributed by atoms with Crippen molar-refractivity contribution in [3.8, 4) is 0 Å². The van der Waals surface area contributed by atoms with Gasteiger partial charge in [0.2, 0.25) is 0 Å². The summed E-state index contributed by atoms with van der Waals surface area (Å²) in [6, 6.07) is 2.58. The molecule has 1 aliphatic heterocycles. The number of nitrogens with zero attached hydrogens (tertiary/aromatic N) is 2. The van der Waals surface area contributed by atoms with Crippen LogP contribution in [0.2, 0.25) is 13.3 Å². The van der Waals surface area contributed by atoms with Crippen LogP contribution in [0.1, 0.15) is 84.3 Å². The molecule has 2 heterocycles. The van der Waals surface area contributed by atoms with E-state index < -0.39 is 18.4 Å². The van der Waals surface area contributed by atoms with E-state index in [4.69, 9.17) is 4.37 Å². The van der Waals surface area contributed by atoms with Gasteiger partial charge in [0.1, 0.15) is 0 Å². The van der Waals surface area contributed by atoms with Crippen molar-refractivity contribution in [1.82, 2.24) is 9.27 Å². The first-order chi connectivity index (χ1) is 12.2. The molecular weight excluding hydrogens is 431 g/mol. The summed E-state index contributed by atoms with van der Waals surface area (Å²) in [7, 11) is 0. The van der Waals surface area contributed by atoms with Crippen molar-refractivity contribution in [2.45, 2.75) is 98.4 Å². The topological polar surface area (TPSA) is 16.1 Å². The fourth-order valence-corrected chi connectivity index (χ4v) is 23.5. The van der Waals surface area contributed by atoms with Gasteiger partial charge in [0.15, 0.2) is 0 Å². The Morgan fingerprint density at radius 3 is 2.00 bits per heavy atom. The Balaban J connectivity index is 2.13. The molecule has 1 fully saturated rings. The normalized spacial score (nSPS) is 16.4. The first kappa shape index (κ1) is 21.7. The van der Waals surface area contributed by atoms with Gasteiger partial charge in [-0.15, -0.1) is 0 Å². The molecule has 0 unspecified atom stereocenters. The summed E-state index contributed by atoms with van der Waals surface area (Å²) in [5.74, 6) is 0. The molecule has 144 valence electrons. The summed E-state index contributed by atoms with van der Waals surface area (Å²) in [5.41, 5.74) is 1.38. The molecule has 0 bridgehead atoms. The van der Waals surface area contributed by atoms with Crippen LogP contribution < -0.4 is 2.89 Å². The molecule has 0 aromatic carbocycles. The predicted molar refractivity (Wildman–Crippen MR) is 116 cm³/mol. The van der Waals surface area contributed by atoms with Gasteiger partial charge in [0.05, 0.1) is 0 Å². The van der Waals surface area contributed by atoms with Crippen LogP contribution in [0.4, 0.5) is 0 Å². The average molecular weight is 471 g/mol. The van der Waals surface area contributed by atoms with E-state index in [0.717, 1.165) is 6.54 Å². The molecule has 25 heavy (non-hydrogen) atoms. The first-order valence-electron chi connectivity index (χ1n) is 10.9. The number of hydrogen-bond acceptors (Lipinski definition) is 3. The zero-order valence-electron chi connectivity index (χ0n) is 17.0. The van der Waals surface area contributed by atoms with E-state index in [1.807, 2.05) is 11.5 Å². The van der Waals surface area contributed by atoms with Crippen LogP contribution in [0, 0.1) is 0 Å². The molecule has 2 rings (SSSR count). The summed E-state index contributed by atoms with van der Waals surface area (Å²) >= 11 is -0.322. The Labute approximate surface area is 164 Å². The van der Waals surface area contributed by atoms with Gasteiger partial charge >= 0.3 is 165 Å². The van der Waals surface area contributed by atoms with E-state index in [0.29, 0.717) is 0 Å². The van der Waals surface area contributed by atoms with Crippen LogP contribution in [0.25, 0.3) is 0 Å². The minimum atomic E-state index is -2.24. The number of piperidine rings is 1. The second-order valence-electron chi connectivity index (χ2n) is 8.11. The van der Waals surface area contributed by atoms with Gasteiger partial charge in [-0.25, -0.2) is 0 Å². The quantitative estimate of drug-likeness (QED) is 0.338. The fourth-order valence-electron chi connectivity index (χ4n) is 4.27. The van der Waals surface area contributed by atoms with Gasteiger partial charge in [-0.2, -0.15) is 0 Å². The second-order valence-corrected chi connectivity index (χ2v) is 23.1. The van der Waals surface area contributed by atoms with E-state index in [2.05, 4.69) is 31.7 Å². The Hall–Kier alpha value is 0.389. The molecule has 1 saturated heterocycles. The SMILES string of the molecule is CCC[CH2][Sn]([CH2]CCC)([CH2]CCC)[c]1cc(CN2CCCCC2)ns1. The van der Waals surface area contributed by atoms with Crippen molar-refractivity contribution in [3.05, 3.63) is 11.8 Å². The number of aromatic nitrogens is 1. The molecule has 1 aliphatic rings. The third-order valence-corrected chi connectivity index (χ3v) is 24.9. The third kappa shape index (κ3) is 6.80. The van der Waals surface area contributed by atoms with Gasteiger partial charge in [-0.3, -0.25) is 0 Å². The summed E-state index contributed by atoms with van der Waals surface area (Å²) < 4.78 is 11.5. The van der Waals surface area contributed by atoms with Crippen LogP contribution in [-0.4, -0.2) is 40.7 Å². The van der Waals surface area contributed by atoms with E-state index in [-0.39, 0.29) is 0 Å². The Morgan fingerprint density at radius 1 is 0.920 bits per heavy atom. The Kier molecular flexibility index (Phi) is 10.4. The third-order valence-electron chi connectivity index (χ3n) is 5.94. The molecule has 4 heteroatoms. The Morgan fingerprint density at radius 2 is 1.48 bits per heavy atom. The zero-order chi connectivity index (χ0) is 18.0. The summed E-state index contributed by atoms with van der Waals surface area (Å²) in [4.78, 5) is 2.63. The maximum atomic E-state index is 4.95. The van der Waals surface area contributed by atoms with Crippen molar-refractivity contribution in [2.75, 3.05) is 13.1 Å². The van der Waals surface area contributed by atoms with Crippen LogP contribution in [0.3, 0.4) is 0 Å². The molecule has 2 nitrogen and oxygen atoms in total. The van der Waals surface area contributed by atoms with Gasteiger partial charge in [0, 0.05) is 0 Å². The number of likely N-dealkylation sites (tertiary alicyclic amines) is 1. The van der Waals surface area contributed by atoms with Gasteiger partial charge in [-0.05, 0) is 0 Å². The van der Waals surface area contributed by atoms with Gasteiger partial charge in [0.25, 0.3) is 0 Å². The standard InChI is InChI=1S/C9H13N2S.3C4H9.Sn/c1-2-5-11(6-3-1)8-9-4-7-12-10-9;3*1-3-4-2;/h4H,1-3,5-6,8H2;3*1,3-4H2,2H3;. The molecule has 0 amide bonds. The Bertz CT molecular complexity index is 446. The number of hydrogen-bond donors (Lipinski definition) is 0. The zero-order valence-corrected chi connectivity index (χ0v) is 20.7. The average Bonchev–Trinajstić information content (AvgIpc) is 3.11. The summed E-state index contributed by atoms with van der Waals surface area (Å²) in [5, 5.41) is 0.